The fourth-order valence-corrected chi connectivity index (χ4v) is 4.88. The molecule has 1 saturated heterocycles. The van der Waals surface area contributed by atoms with Crippen LogP contribution < -0.4 is 0 Å². The number of piperidine rings is 1. The minimum absolute atomic E-state index is 0.382. The van der Waals surface area contributed by atoms with E-state index in [4.69, 9.17) is 0 Å². The number of aromatic amines is 1. The number of hydrogen-bond acceptors (Lipinski definition) is 3. The molecule has 0 unspecified atom stereocenters. The highest BCUT2D eigenvalue weighted by atomic mass is 16.1. The molecular formula is C24H27N5O. The lowest BCUT2D eigenvalue weighted by Gasteiger charge is -2.29. The number of hydrogen-bond donors (Lipinski definition) is 1. The van der Waals surface area contributed by atoms with Gasteiger partial charge in [-0.2, -0.15) is 5.10 Å². The van der Waals surface area contributed by atoms with Crippen molar-refractivity contribution in [1.29, 1.82) is 0 Å². The molecule has 1 N–H and O–H groups in total. The van der Waals surface area contributed by atoms with Gasteiger partial charge >= 0.3 is 0 Å². The average molecular weight is 402 g/mol. The number of benzene rings is 1. The molecule has 30 heavy (non-hydrogen) atoms. The highest BCUT2D eigenvalue weighted by molar-refractivity contribution is 5.92. The third kappa shape index (κ3) is 3.07. The summed E-state index contributed by atoms with van der Waals surface area (Å²) in [6.45, 7) is 8.27. The smallest absolute Gasteiger partial charge is 0.209 e. The van der Waals surface area contributed by atoms with E-state index in [9.17, 15) is 4.79 Å². The summed E-state index contributed by atoms with van der Waals surface area (Å²) in [6.07, 6.45) is 6.69. The van der Waals surface area contributed by atoms with Crippen molar-refractivity contribution in [2.24, 2.45) is 0 Å². The van der Waals surface area contributed by atoms with Crippen LogP contribution in [0.1, 0.15) is 55.2 Å². The summed E-state index contributed by atoms with van der Waals surface area (Å²) in [5.41, 5.74) is 8.18. The lowest BCUT2D eigenvalue weighted by Crippen LogP contribution is -2.31. The number of aromatic nitrogens is 4. The van der Waals surface area contributed by atoms with E-state index in [1.807, 2.05) is 9.42 Å². The summed E-state index contributed by atoms with van der Waals surface area (Å²) in [5, 5.41) is 5.64. The lowest BCUT2D eigenvalue weighted by molar-refractivity contribution is -0.119. The van der Waals surface area contributed by atoms with Crippen molar-refractivity contribution >= 4 is 23.0 Å². The number of pyridine rings is 1. The molecule has 1 aromatic carbocycles. The molecule has 6 heteroatoms. The molecule has 1 aliphatic heterocycles. The standard InChI is InChI=1S/C24H27N5O/c1-15(2)22-20-11-18(17-6-8-28(14-30)9-7-17)4-5-21(20)27-23(22)19-10-16(3)24-25-13-26-29(24)12-19/h4-5,10-15,17,27H,6-9H2,1-3H3. The van der Waals surface area contributed by atoms with Crippen molar-refractivity contribution in [3.8, 4) is 11.3 Å². The molecule has 3 aromatic heterocycles. The second-order valence-corrected chi connectivity index (χ2v) is 8.73. The van der Waals surface area contributed by atoms with Crippen molar-refractivity contribution in [3.63, 3.8) is 0 Å². The molecule has 154 valence electrons. The number of rotatable bonds is 4. The van der Waals surface area contributed by atoms with E-state index >= 15 is 0 Å². The van der Waals surface area contributed by atoms with E-state index < -0.39 is 0 Å². The van der Waals surface area contributed by atoms with Crippen LogP contribution in [0.2, 0.25) is 0 Å². The fourth-order valence-electron chi connectivity index (χ4n) is 4.88. The number of aryl methyl sites for hydroxylation is 1. The second-order valence-electron chi connectivity index (χ2n) is 8.73. The first-order valence-electron chi connectivity index (χ1n) is 10.7. The van der Waals surface area contributed by atoms with Crippen LogP contribution in [0.3, 0.4) is 0 Å². The maximum absolute atomic E-state index is 11.0. The number of H-pyrrole nitrogens is 1. The van der Waals surface area contributed by atoms with Crippen molar-refractivity contribution in [2.45, 2.75) is 45.4 Å². The summed E-state index contributed by atoms with van der Waals surface area (Å²) >= 11 is 0. The van der Waals surface area contributed by atoms with Gasteiger partial charge in [0.25, 0.3) is 0 Å². The predicted molar refractivity (Wildman–Crippen MR) is 119 cm³/mol. The van der Waals surface area contributed by atoms with Crippen LogP contribution in [0, 0.1) is 6.92 Å². The van der Waals surface area contributed by atoms with Crippen molar-refractivity contribution in [1.82, 2.24) is 24.5 Å². The molecule has 0 aliphatic carbocycles. The Bertz CT molecular complexity index is 1230. The van der Waals surface area contributed by atoms with Crippen LogP contribution in [0.4, 0.5) is 0 Å². The van der Waals surface area contributed by atoms with Crippen LogP contribution in [-0.2, 0) is 4.79 Å². The molecule has 0 spiro atoms. The van der Waals surface area contributed by atoms with Gasteiger partial charge in [-0.25, -0.2) is 9.50 Å². The van der Waals surface area contributed by atoms with E-state index in [0.29, 0.717) is 11.8 Å². The van der Waals surface area contributed by atoms with Gasteiger partial charge in [-0.3, -0.25) is 4.79 Å². The molecular weight excluding hydrogens is 374 g/mol. The third-order valence-corrected chi connectivity index (χ3v) is 6.44. The third-order valence-electron chi connectivity index (χ3n) is 6.44. The van der Waals surface area contributed by atoms with Crippen LogP contribution in [-0.4, -0.2) is 44.0 Å². The van der Waals surface area contributed by atoms with E-state index in [-0.39, 0.29) is 0 Å². The summed E-state index contributed by atoms with van der Waals surface area (Å²) in [4.78, 5) is 20.9. The largest absolute Gasteiger partial charge is 0.354 e. The van der Waals surface area contributed by atoms with Gasteiger partial charge in [0.05, 0.1) is 5.69 Å². The van der Waals surface area contributed by atoms with Crippen LogP contribution >= 0.6 is 0 Å². The SMILES string of the molecule is Cc1cc(-c2[nH]c3ccc(C4CCN(C=O)CC4)cc3c2C(C)C)cn2ncnc12. The molecule has 1 amide bonds. The molecule has 4 heterocycles. The van der Waals surface area contributed by atoms with Crippen molar-refractivity contribution < 1.29 is 4.79 Å². The first kappa shape index (κ1) is 18.9. The summed E-state index contributed by atoms with van der Waals surface area (Å²) in [5.74, 6) is 0.894. The van der Waals surface area contributed by atoms with Gasteiger partial charge in [-0.1, -0.05) is 19.9 Å². The summed E-state index contributed by atoms with van der Waals surface area (Å²) in [6, 6.07) is 9.02. The molecule has 6 nitrogen and oxygen atoms in total. The highest BCUT2D eigenvalue weighted by Crippen LogP contribution is 2.38. The predicted octanol–water partition coefficient (Wildman–Crippen LogP) is 4.65. The van der Waals surface area contributed by atoms with Crippen LogP contribution in [0.25, 0.3) is 27.8 Å². The number of nitrogens with one attached hydrogen (secondary N) is 1. The number of likely N-dealkylation sites (tertiary alicyclic amines) is 1. The Morgan fingerprint density at radius 3 is 2.73 bits per heavy atom. The Balaban J connectivity index is 1.61. The van der Waals surface area contributed by atoms with Gasteiger partial charge in [-0.05, 0) is 66.5 Å². The molecule has 1 fully saturated rings. The topological polar surface area (TPSA) is 66.3 Å². The summed E-state index contributed by atoms with van der Waals surface area (Å²) in [7, 11) is 0. The number of carbonyl (C=O) groups excluding carboxylic acids is 1. The minimum atomic E-state index is 0.382. The van der Waals surface area contributed by atoms with Crippen LogP contribution in [0.5, 0.6) is 0 Å². The van der Waals surface area contributed by atoms with Gasteiger partial charge < -0.3 is 9.88 Å². The zero-order valence-corrected chi connectivity index (χ0v) is 17.7. The number of nitrogens with zero attached hydrogens (tertiary/aromatic N) is 4. The van der Waals surface area contributed by atoms with Gasteiger partial charge in [0.1, 0.15) is 6.33 Å². The number of fused-ring (bicyclic) bond motifs is 2. The van der Waals surface area contributed by atoms with Crippen molar-refractivity contribution in [2.75, 3.05) is 13.1 Å². The molecule has 0 bridgehead atoms. The minimum Gasteiger partial charge on any atom is -0.354 e. The second kappa shape index (κ2) is 7.27. The summed E-state index contributed by atoms with van der Waals surface area (Å²) < 4.78 is 1.85. The monoisotopic (exact) mass is 401 g/mol. The van der Waals surface area contributed by atoms with E-state index in [0.717, 1.165) is 54.8 Å². The molecule has 0 radical (unpaired) electrons. The molecule has 0 atom stereocenters. The Labute approximate surface area is 175 Å². The average Bonchev–Trinajstić information content (AvgIpc) is 3.38. The van der Waals surface area contributed by atoms with Gasteiger partial charge in [0, 0.05) is 35.8 Å². The Hall–Kier alpha value is -3.15. The zero-order valence-electron chi connectivity index (χ0n) is 17.7. The van der Waals surface area contributed by atoms with Crippen molar-refractivity contribution in [3.05, 3.63) is 53.5 Å². The maximum Gasteiger partial charge on any atom is 0.209 e. The lowest BCUT2D eigenvalue weighted by atomic mass is 9.87. The van der Waals surface area contributed by atoms with Gasteiger partial charge in [-0.15, -0.1) is 0 Å². The fraction of sp³-hybridized carbons (Fsp3) is 0.375. The van der Waals surface area contributed by atoms with Gasteiger partial charge in [0.2, 0.25) is 6.41 Å². The maximum atomic E-state index is 11.0. The molecule has 5 rings (SSSR count). The first-order valence-corrected chi connectivity index (χ1v) is 10.7. The molecule has 4 aromatic rings. The first-order chi connectivity index (χ1) is 14.5. The Morgan fingerprint density at radius 1 is 1.20 bits per heavy atom. The number of amides is 1. The quantitative estimate of drug-likeness (QED) is 0.507. The Kier molecular flexibility index (Phi) is 4.57. The van der Waals surface area contributed by atoms with E-state index in [1.54, 1.807) is 6.33 Å². The van der Waals surface area contributed by atoms with E-state index in [2.05, 4.69) is 66.3 Å². The van der Waals surface area contributed by atoms with Gasteiger partial charge in [0.15, 0.2) is 5.65 Å². The zero-order chi connectivity index (χ0) is 20.8. The highest BCUT2D eigenvalue weighted by Gasteiger charge is 2.22. The molecule has 0 saturated carbocycles. The normalized spacial score (nSPS) is 15.5. The molecule has 1 aliphatic rings. The number of carbonyl (C=O) groups is 1. The van der Waals surface area contributed by atoms with Crippen LogP contribution in [0.15, 0.2) is 36.8 Å². The Morgan fingerprint density at radius 2 is 2.00 bits per heavy atom. The van der Waals surface area contributed by atoms with E-state index in [1.165, 1.54) is 22.0 Å².